The summed E-state index contributed by atoms with van der Waals surface area (Å²) in [5.74, 6) is -1.87. The number of hydrogen-bond acceptors (Lipinski definition) is 2. The van der Waals surface area contributed by atoms with Crippen LogP contribution in [0.5, 0.6) is 11.5 Å². The summed E-state index contributed by atoms with van der Waals surface area (Å²) in [6.07, 6.45) is 0. The van der Waals surface area contributed by atoms with E-state index in [9.17, 15) is 13.9 Å². The van der Waals surface area contributed by atoms with Gasteiger partial charge in [-0.25, -0.2) is 8.78 Å². The molecule has 4 heteroatoms. The summed E-state index contributed by atoms with van der Waals surface area (Å²) in [6, 6.07) is 14.4. The van der Waals surface area contributed by atoms with Crippen molar-refractivity contribution in [3.8, 4) is 11.5 Å². The number of aromatic hydroxyl groups is 1. The Labute approximate surface area is 134 Å². The molecule has 0 saturated heterocycles. The molecule has 0 spiro atoms. The maximum absolute atomic E-state index is 14.0. The predicted molar refractivity (Wildman–Crippen MR) is 87.7 cm³/mol. The molecule has 2 nitrogen and oxygen atoms in total. The summed E-state index contributed by atoms with van der Waals surface area (Å²) >= 11 is 0. The number of benzene rings is 3. The quantitative estimate of drug-likeness (QED) is 0.698. The molecule has 3 rings (SSSR count). The van der Waals surface area contributed by atoms with Crippen LogP contribution in [0.2, 0.25) is 0 Å². The lowest BCUT2D eigenvalue weighted by Crippen LogP contribution is -1.97. The Morgan fingerprint density at radius 2 is 1.65 bits per heavy atom. The summed E-state index contributed by atoms with van der Waals surface area (Å²) in [7, 11) is 0. The van der Waals surface area contributed by atoms with Crippen LogP contribution in [-0.4, -0.2) is 5.11 Å². The minimum atomic E-state index is -0.976. The van der Waals surface area contributed by atoms with E-state index in [0.29, 0.717) is 5.39 Å². The van der Waals surface area contributed by atoms with E-state index in [0.717, 1.165) is 11.6 Å². The van der Waals surface area contributed by atoms with Gasteiger partial charge in [-0.2, -0.15) is 0 Å². The molecule has 3 aromatic rings. The second-order valence-electron chi connectivity index (χ2n) is 4.68. The van der Waals surface area contributed by atoms with Crippen LogP contribution in [0.3, 0.4) is 0 Å². The largest absolute Gasteiger partial charge is 0.508 e. The van der Waals surface area contributed by atoms with E-state index in [2.05, 4.69) is 0 Å². The predicted octanol–water partition coefficient (Wildman–Crippen LogP) is 5.43. The van der Waals surface area contributed by atoms with Crippen LogP contribution in [0, 0.1) is 11.6 Å². The molecule has 0 aliphatic carbocycles. The third-order valence-corrected chi connectivity index (χ3v) is 3.19. The number of ether oxygens (including phenoxy) is 1. The zero-order chi connectivity index (χ0) is 16.8. The average Bonchev–Trinajstić information content (AvgIpc) is 2.58. The van der Waals surface area contributed by atoms with Gasteiger partial charge in [-0.05, 0) is 23.1 Å². The number of rotatable bonds is 3. The van der Waals surface area contributed by atoms with Crippen molar-refractivity contribution in [2.45, 2.75) is 20.5 Å². The van der Waals surface area contributed by atoms with Crippen molar-refractivity contribution >= 4 is 10.8 Å². The van der Waals surface area contributed by atoms with Crippen LogP contribution in [0.4, 0.5) is 8.78 Å². The topological polar surface area (TPSA) is 29.5 Å². The second kappa shape index (κ2) is 7.58. The van der Waals surface area contributed by atoms with Crippen LogP contribution in [0.25, 0.3) is 10.8 Å². The Bertz CT molecular complexity index is 786. The van der Waals surface area contributed by atoms with Gasteiger partial charge < -0.3 is 9.84 Å². The number of hydrogen-bond donors (Lipinski definition) is 1. The first-order chi connectivity index (χ1) is 11.1. The van der Waals surface area contributed by atoms with Crippen LogP contribution < -0.4 is 4.74 Å². The van der Waals surface area contributed by atoms with E-state index < -0.39 is 11.6 Å². The lowest BCUT2D eigenvalue weighted by Gasteiger charge is -2.11. The van der Waals surface area contributed by atoms with Crippen LogP contribution >= 0.6 is 0 Å². The zero-order valence-electron chi connectivity index (χ0n) is 13.0. The van der Waals surface area contributed by atoms with E-state index >= 15 is 0 Å². The molecule has 0 bridgehead atoms. The van der Waals surface area contributed by atoms with Gasteiger partial charge in [-0.15, -0.1) is 0 Å². The van der Waals surface area contributed by atoms with Gasteiger partial charge in [-0.1, -0.05) is 50.2 Å². The fourth-order valence-corrected chi connectivity index (χ4v) is 2.19. The minimum absolute atomic E-state index is 0.0312. The lowest BCUT2D eigenvalue weighted by atomic mass is 10.1. The highest BCUT2D eigenvalue weighted by Gasteiger charge is 2.14. The number of fused-ring (bicyclic) bond motifs is 1. The monoisotopic (exact) mass is 316 g/mol. The Kier molecular flexibility index (Phi) is 5.52. The van der Waals surface area contributed by atoms with Crippen molar-refractivity contribution in [1.29, 1.82) is 0 Å². The minimum Gasteiger partial charge on any atom is -0.508 e. The second-order valence-corrected chi connectivity index (χ2v) is 4.68. The van der Waals surface area contributed by atoms with Gasteiger partial charge >= 0.3 is 0 Å². The molecule has 0 fully saturated rings. The summed E-state index contributed by atoms with van der Waals surface area (Å²) < 4.78 is 32.9. The van der Waals surface area contributed by atoms with Crippen LogP contribution in [0.1, 0.15) is 19.4 Å². The Morgan fingerprint density at radius 1 is 0.957 bits per heavy atom. The van der Waals surface area contributed by atoms with Crippen molar-refractivity contribution in [3.05, 3.63) is 71.8 Å². The molecule has 0 amide bonds. The lowest BCUT2D eigenvalue weighted by molar-refractivity contribution is 0.307. The standard InChI is InChI=1S/C17H12F2O2.C2H6/c18-14-7-6-12-8-13(20)9-15(16(12)17(14)19)21-10-11-4-2-1-3-5-11;1-2/h1-9,20H,10H2;1-2H3. The van der Waals surface area contributed by atoms with E-state index in [1.165, 1.54) is 18.2 Å². The van der Waals surface area contributed by atoms with Gasteiger partial charge in [0.2, 0.25) is 0 Å². The first-order valence-corrected chi connectivity index (χ1v) is 7.42. The van der Waals surface area contributed by atoms with E-state index in [4.69, 9.17) is 4.74 Å². The molecule has 0 aliphatic rings. The average molecular weight is 316 g/mol. The molecule has 0 atom stereocenters. The molecule has 3 aromatic carbocycles. The Balaban J connectivity index is 0.000000924. The van der Waals surface area contributed by atoms with Crippen LogP contribution in [-0.2, 0) is 6.61 Å². The first kappa shape index (κ1) is 16.7. The van der Waals surface area contributed by atoms with Crippen molar-refractivity contribution in [1.82, 2.24) is 0 Å². The third-order valence-electron chi connectivity index (χ3n) is 3.19. The highest BCUT2D eigenvalue weighted by molar-refractivity contribution is 5.90. The molecule has 0 heterocycles. The normalized spacial score (nSPS) is 10.1. The molecule has 1 N–H and O–H groups in total. The molecule has 0 aliphatic heterocycles. The van der Waals surface area contributed by atoms with Gasteiger partial charge in [0.25, 0.3) is 0 Å². The Morgan fingerprint density at radius 3 is 2.35 bits per heavy atom. The van der Waals surface area contributed by atoms with Gasteiger partial charge in [0.1, 0.15) is 18.1 Å². The summed E-state index contributed by atoms with van der Waals surface area (Å²) in [5, 5.41) is 10.1. The summed E-state index contributed by atoms with van der Waals surface area (Å²) in [4.78, 5) is 0. The number of halogens is 2. The fraction of sp³-hybridized carbons (Fsp3) is 0.158. The first-order valence-electron chi connectivity index (χ1n) is 7.42. The van der Waals surface area contributed by atoms with Gasteiger partial charge in [0, 0.05) is 6.07 Å². The zero-order valence-corrected chi connectivity index (χ0v) is 13.0. The molecule has 0 aromatic heterocycles. The Hall–Kier alpha value is -2.62. The maximum Gasteiger partial charge on any atom is 0.170 e. The van der Waals surface area contributed by atoms with Gasteiger partial charge in [0.15, 0.2) is 11.6 Å². The summed E-state index contributed by atoms with van der Waals surface area (Å²) in [5.41, 5.74) is 0.894. The highest BCUT2D eigenvalue weighted by Crippen LogP contribution is 2.34. The molecule has 23 heavy (non-hydrogen) atoms. The van der Waals surface area contributed by atoms with Crippen molar-refractivity contribution in [2.24, 2.45) is 0 Å². The molecule has 120 valence electrons. The van der Waals surface area contributed by atoms with E-state index in [1.54, 1.807) is 0 Å². The fourth-order valence-electron chi connectivity index (χ4n) is 2.19. The molecule has 0 radical (unpaired) electrons. The third kappa shape index (κ3) is 3.77. The van der Waals surface area contributed by atoms with Gasteiger partial charge in [-0.3, -0.25) is 0 Å². The van der Waals surface area contributed by atoms with Crippen molar-refractivity contribution in [2.75, 3.05) is 0 Å². The highest BCUT2D eigenvalue weighted by atomic mass is 19.2. The van der Waals surface area contributed by atoms with Crippen LogP contribution in [0.15, 0.2) is 54.6 Å². The number of phenols is 1. The maximum atomic E-state index is 14.0. The number of phenolic OH excluding ortho intramolecular Hbond substituents is 1. The smallest absolute Gasteiger partial charge is 0.170 e. The molecular weight excluding hydrogens is 298 g/mol. The summed E-state index contributed by atoms with van der Waals surface area (Å²) in [6.45, 7) is 4.20. The van der Waals surface area contributed by atoms with Crippen molar-refractivity contribution in [3.63, 3.8) is 0 Å². The van der Waals surface area contributed by atoms with E-state index in [-0.39, 0.29) is 23.5 Å². The molecule has 0 unspecified atom stereocenters. The molecule has 0 saturated carbocycles. The van der Waals surface area contributed by atoms with E-state index in [1.807, 2.05) is 44.2 Å². The SMILES string of the molecule is CC.Oc1cc(OCc2ccccc2)c2c(F)c(F)ccc2c1. The molecular formula is C19H18F2O2. The van der Waals surface area contributed by atoms with Crippen molar-refractivity contribution < 1.29 is 18.6 Å². The van der Waals surface area contributed by atoms with Gasteiger partial charge in [0.05, 0.1) is 5.39 Å².